The van der Waals surface area contributed by atoms with E-state index in [9.17, 15) is 9.90 Å². The van der Waals surface area contributed by atoms with Crippen LogP contribution >= 0.6 is 0 Å². The molecule has 130 valence electrons. The lowest BCUT2D eigenvalue weighted by Crippen LogP contribution is -2.54. The number of methoxy groups -OCH3 is 1. The molecule has 5 heteroatoms. The quantitative estimate of drug-likeness (QED) is 0.663. The first-order valence-electron chi connectivity index (χ1n) is 8.62. The van der Waals surface area contributed by atoms with E-state index in [0.717, 1.165) is 29.8 Å². The van der Waals surface area contributed by atoms with Crippen molar-refractivity contribution in [1.82, 2.24) is 0 Å². The van der Waals surface area contributed by atoms with E-state index < -0.39 is 0 Å². The second-order valence-corrected chi connectivity index (χ2v) is 6.88. The van der Waals surface area contributed by atoms with Gasteiger partial charge in [-0.2, -0.15) is 0 Å². The smallest absolute Gasteiger partial charge is 0.140 e. The lowest BCUT2D eigenvalue weighted by atomic mass is 9.71. The Kier molecular flexibility index (Phi) is 3.79. The van der Waals surface area contributed by atoms with Crippen molar-refractivity contribution < 1.29 is 14.6 Å². The van der Waals surface area contributed by atoms with E-state index in [0.29, 0.717) is 17.9 Å². The summed E-state index contributed by atoms with van der Waals surface area (Å²) in [7, 11) is 1.65. The van der Waals surface area contributed by atoms with Crippen molar-refractivity contribution in [3.8, 4) is 11.5 Å². The van der Waals surface area contributed by atoms with E-state index in [1.807, 2.05) is 30.3 Å². The molecule has 2 saturated heterocycles. The Hall–Kier alpha value is -2.69. The van der Waals surface area contributed by atoms with E-state index in [1.165, 1.54) is 0 Å². The Balaban J connectivity index is 1.78. The van der Waals surface area contributed by atoms with Gasteiger partial charge in [0.05, 0.1) is 18.8 Å². The summed E-state index contributed by atoms with van der Waals surface area (Å²) in [5, 5.41) is 9.75. The van der Waals surface area contributed by atoms with Crippen LogP contribution in [0, 0.1) is 5.92 Å². The number of benzene rings is 2. The van der Waals surface area contributed by atoms with Gasteiger partial charge in [-0.3, -0.25) is 4.79 Å². The van der Waals surface area contributed by atoms with Crippen LogP contribution in [-0.2, 0) is 4.79 Å². The zero-order valence-electron chi connectivity index (χ0n) is 14.2. The molecular formula is C20H22N2O3. The molecule has 0 amide bonds. The maximum atomic E-state index is 12.5. The third kappa shape index (κ3) is 2.60. The predicted molar refractivity (Wildman–Crippen MR) is 96.9 cm³/mol. The molecule has 0 radical (unpaired) electrons. The van der Waals surface area contributed by atoms with Gasteiger partial charge in [0.15, 0.2) is 0 Å². The zero-order valence-corrected chi connectivity index (χ0v) is 14.2. The van der Waals surface area contributed by atoms with Crippen LogP contribution in [0.4, 0.5) is 11.4 Å². The predicted octanol–water partition coefficient (Wildman–Crippen LogP) is 3.28. The van der Waals surface area contributed by atoms with Gasteiger partial charge in [0.25, 0.3) is 0 Å². The highest BCUT2D eigenvalue weighted by atomic mass is 16.5. The normalized spacial score (nSPS) is 25.2. The number of nitrogens with two attached hydrogens (primary N) is 1. The molecule has 2 bridgehead atoms. The summed E-state index contributed by atoms with van der Waals surface area (Å²) in [6.07, 6.45) is 2.52. The van der Waals surface area contributed by atoms with Crippen LogP contribution in [0.15, 0.2) is 42.5 Å². The Morgan fingerprint density at radius 1 is 1.16 bits per heavy atom. The number of ether oxygens (including phenoxy) is 1. The monoisotopic (exact) mass is 338 g/mol. The lowest BCUT2D eigenvalue weighted by Gasteiger charge is -2.52. The van der Waals surface area contributed by atoms with Gasteiger partial charge in [-0.25, -0.2) is 0 Å². The van der Waals surface area contributed by atoms with Crippen LogP contribution in [0.25, 0.3) is 0 Å². The summed E-state index contributed by atoms with van der Waals surface area (Å²) < 4.78 is 5.26. The third-order valence-corrected chi connectivity index (χ3v) is 5.50. The number of Topliss-reactive ketones (excluding diaryl/α,β-unsaturated/α-hetero) is 1. The van der Waals surface area contributed by atoms with Gasteiger partial charge in [-0.05, 0) is 54.8 Å². The van der Waals surface area contributed by atoms with Gasteiger partial charge < -0.3 is 20.5 Å². The fourth-order valence-corrected chi connectivity index (χ4v) is 4.29. The molecule has 3 aliphatic rings. The minimum atomic E-state index is -0.0451. The molecule has 2 aromatic rings. The number of ketones is 1. The average molecular weight is 338 g/mol. The number of phenols is 1. The van der Waals surface area contributed by atoms with Crippen molar-refractivity contribution in [3.05, 3.63) is 48.0 Å². The van der Waals surface area contributed by atoms with Crippen molar-refractivity contribution >= 4 is 17.2 Å². The first kappa shape index (κ1) is 15.8. The lowest BCUT2D eigenvalue weighted by molar-refractivity contribution is -0.128. The van der Waals surface area contributed by atoms with Crippen LogP contribution in [0.2, 0.25) is 0 Å². The largest absolute Gasteiger partial charge is 0.506 e. The van der Waals surface area contributed by atoms with Crippen LogP contribution < -0.4 is 15.4 Å². The van der Waals surface area contributed by atoms with Gasteiger partial charge in [0.2, 0.25) is 0 Å². The average Bonchev–Trinajstić information content (AvgIpc) is 2.64. The van der Waals surface area contributed by atoms with Crippen molar-refractivity contribution in [2.24, 2.45) is 5.92 Å². The number of hydrogen-bond donors (Lipinski definition) is 2. The molecule has 2 aliphatic heterocycles. The van der Waals surface area contributed by atoms with Gasteiger partial charge in [-0.1, -0.05) is 6.07 Å². The summed E-state index contributed by atoms with van der Waals surface area (Å²) in [5.74, 6) is 1.19. The number of nitrogen functional groups attached to an aromatic ring is 1. The summed E-state index contributed by atoms with van der Waals surface area (Å²) in [6, 6.07) is 13.4. The Morgan fingerprint density at radius 2 is 1.92 bits per heavy atom. The number of hydrogen-bond acceptors (Lipinski definition) is 5. The van der Waals surface area contributed by atoms with Crippen LogP contribution in [0.3, 0.4) is 0 Å². The van der Waals surface area contributed by atoms with Gasteiger partial charge in [0, 0.05) is 24.1 Å². The summed E-state index contributed by atoms with van der Waals surface area (Å²) in [5.41, 5.74) is 8.32. The molecule has 25 heavy (non-hydrogen) atoms. The number of phenolic OH excluding ortho intramolecular Hbond substituents is 1. The number of rotatable bonds is 3. The molecule has 3 unspecified atom stereocenters. The Bertz CT molecular complexity index is 803. The molecule has 1 aliphatic carbocycles. The summed E-state index contributed by atoms with van der Waals surface area (Å²) in [4.78, 5) is 14.9. The second kappa shape index (κ2) is 5.99. The highest BCUT2D eigenvalue weighted by Crippen LogP contribution is 2.48. The fraction of sp³-hybridized carbons (Fsp3) is 0.350. The van der Waals surface area contributed by atoms with E-state index in [2.05, 4.69) is 4.90 Å². The van der Waals surface area contributed by atoms with Crippen LogP contribution in [0.1, 0.15) is 30.9 Å². The number of fused-ring (bicyclic) bond motifs is 3. The van der Waals surface area contributed by atoms with Crippen molar-refractivity contribution in [2.45, 2.75) is 31.3 Å². The standard InChI is InChI=1S/C20H22N2O3/c1-25-15-6-3-13(4-7-15)22-14-5-8-16(19(24)11-14)20(22)12-2-9-18(23)17(21)10-12/h2-4,6-7,9-10,14,16,20,23H,5,8,11,21H2,1H3. The fourth-order valence-electron chi connectivity index (χ4n) is 4.29. The molecule has 1 saturated carbocycles. The third-order valence-electron chi connectivity index (χ3n) is 5.50. The summed E-state index contributed by atoms with van der Waals surface area (Å²) >= 11 is 0. The Labute approximate surface area is 147 Å². The molecular weight excluding hydrogens is 316 g/mol. The maximum absolute atomic E-state index is 12.5. The topological polar surface area (TPSA) is 75.8 Å². The minimum absolute atomic E-state index is 0.0314. The molecule has 3 fully saturated rings. The molecule has 0 aromatic heterocycles. The summed E-state index contributed by atoms with van der Waals surface area (Å²) in [6.45, 7) is 0. The van der Waals surface area contributed by atoms with E-state index in [-0.39, 0.29) is 23.8 Å². The number of anilines is 2. The van der Waals surface area contributed by atoms with Crippen molar-refractivity contribution in [2.75, 3.05) is 17.7 Å². The van der Waals surface area contributed by atoms with Crippen molar-refractivity contribution in [1.29, 1.82) is 0 Å². The highest BCUT2D eigenvalue weighted by molar-refractivity contribution is 5.86. The van der Waals surface area contributed by atoms with Gasteiger partial charge in [0.1, 0.15) is 17.3 Å². The molecule has 3 atom stereocenters. The number of carbonyl (C=O) groups excluding carboxylic acids is 1. The first-order chi connectivity index (χ1) is 12.1. The van der Waals surface area contributed by atoms with Gasteiger partial charge >= 0.3 is 0 Å². The molecule has 2 heterocycles. The van der Waals surface area contributed by atoms with Crippen molar-refractivity contribution in [3.63, 3.8) is 0 Å². The van der Waals surface area contributed by atoms with E-state index in [1.54, 1.807) is 19.2 Å². The molecule has 0 spiro atoms. The zero-order chi connectivity index (χ0) is 17.6. The highest BCUT2D eigenvalue weighted by Gasteiger charge is 2.47. The first-order valence-corrected chi connectivity index (χ1v) is 8.62. The SMILES string of the molecule is COc1ccc(N2C3CCC(C(=O)C3)C2c2ccc(O)c(N)c2)cc1. The minimum Gasteiger partial charge on any atom is -0.506 e. The maximum Gasteiger partial charge on any atom is 0.140 e. The van der Waals surface area contributed by atoms with Crippen LogP contribution in [0.5, 0.6) is 11.5 Å². The number of nitrogens with zero attached hydrogens (tertiary/aromatic N) is 1. The van der Waals surface area contributed by atoms with E-state index >= 15 is 0 Å². The molecule has 5 rings (SSSR count). The number of carbonyl (C=O) groups is 1. The number of aromatic hydroxyl groups is 1. The molecule has 2 aromatic carbocycles. The van der Waals surface area contributed by atoms with Gasteiger partial charge in [-0.15, -0.1) is 0 Å². The van der Waals surface area contributed by atoms with E-state index in [4.69, 9.17) is 10.5 Å². The van der Waals surface area contributed by atoms with Crippen LogP contribution in [-0.4, -0.2) is 24.0 Å². The number of piperidine rings is 2. The second-order valence-electron chi connectivity index (χ2n) is 6.88. The Morgan fingerprint density at radius 3 is 2.56 bits per heavy atom. The molecule has 3 N–H and O–H groups in total. The molecule has 5 nitrogen and oxygen atoms in total.